The van der Waals surface area contributed by atoms with Gasteiger partial charge in [-0.1, -0.05) is 30.3 Å². The van der Waals surface area contributed by atoms with Crippen LogP contribution < -0.4 is 5.32 Å². The Kier molecular flexibility index (Phi) is 5.75. The summed E-state index contributed by atoms with van der Waals surface area (Å²) in [6.45, 7) is 1.98. The van der Waals surface area contributed by atoms with Crippen LogP contribution in [0.25, 0.3) is 17.1 Å². The number of furan rings is 1. The van der Waals surface area contributed by atoms with E-state index in [0.29, 0.717) is 22.8 Å². The van der Waals surface area contributed by atoms with E-state index in [0.717, 1.165) is 12.8 Å². The maximum Gasteiger partial charge on any atom is 0.270 e. The van der Waals surface area contributed by atoms with Crippen molar-refractivity contribution in [1.82, 2.24) is 15.1 Å². The van der Waals surface area contributed by atoms with E-state index in [4.69, 9.17) is 4.42 Å². The van der Waals surface area contributed by atoms with Gasteiger partial charge < -0.3 is 9.73 Å². The van der Waals surface area contributed by atoms with E-state index < -0.39 is 0 Å². The fourth-order valence-electron chi connectivity index (χ4n) is 3.26. The topological polar surface area (TPSA) is 60.1 Å². The van der Waals surface area contributed by atoms with Crippen molar-refractivity contribution in [2.24, 2.45) is 0 Å². The summed E-state index contributed by atoms with van der Waals surface area (Å²) in [5.41, 5.74) is 2.72. The minimum absolute atomic E-state index is 0.0265. The summed E-state index contributed by atoms with van der Waals surface area (Å²) in [6.07, 6.45) is 3.24. The Labute approximate surface area is 174 Å². The van der Waals surface area contributed by atoms with Gasteiger partial charge in [0.15, 0.2) is 5.76 Å². The van der Waals surface area contributed by atoms with Gasteiger partial charge >= 0.3 is 0 Å². The molecule has 0 saturated carbocycles. The van der Waals surface area contributed by atoms with Gasteiger partial charge in [-0.2, -0.15) is 5.10 Å². The number of nitrogens with one attached hydrogen (secondary N) is 1. The van der Waals surface area contributed by atoms with E-state index >= 15 is 0 Å². The molecule has 4 rings (SSSR count). The smallest absolute Gasteiger partial charge is 0.270 e. The number of amides is 1. The van der Waals surface area contributed by atoms with Crippen LogP contribution in [-0.4, -0.2) is 21.7 Å². The van der Waals surface area contributed by atoms with E-state index in [1.54, 1.807) is 36.6 Å². The van der Waals surface area contributed by atoms with Crippen LogP contribution in [0.3, 0.4) is 0 Å². The number of aryl methyl sites for hydroxylation is 1. The number of nitrogens with zero attached hydrogens (tertiary/aromatic N) is 2. The Bertz CT molecular complexity index is 1100. The molecule has 0 bridgehead atoms. The van der Waals surface area contributed by atoms with Crippen molar-refractivity contribution in [2.45, 2.75) is 25.8 Å². The molecule has 1 atom stereocenters. The molecular weight excluding hydrogens is 381 g/mol. The van der Waals surface area contributed by atoms with E-state index in [-0.39, 0.29) is 17.8 Å². The molecule has 4 aromatic rings. The molecule has 30 heavy (non-hydrogen) atoms. The molecule has 0 aliphatic heterocycles. The molecule has 2 aromatic heterocycles. The van der Waals surface area contributed by atoms with Crippen molar-refractivity contribution >= 4 is 5.91 Å². The monoisotopic (exact) mass is 403 g/mol. The number of hydrogen-bond acceptors (Lipinski definition) is 3. The third-order valence-electron chi connectivity index (χ3n) is 4.87. The van der Waals surface area contributed by atoms with Gasteiger partial charge in [0.05, 0.1) is 12.0 Å². The summed E-state index contributed by atoms with van der Waals surface area (Å²) in [6, 6.07) is 21.2. The summed E-state index contributed by atoms with van der Waals surface area (Å²) in [4.78, 5) is 13.0. The molecule has 0 aliphatic rings. The normalized spacial score (nSPS) is 11.9. The van der Waals surface area contributed by atoms with Crippen LogP contribution in [0, 0.1) is 5.82 Å². The molecule has 0 fully saturated rings. The molecule has 6 heteroatoms. The molecule has 0 radical (unpaired) electrons. The molecular formula is C24H22FN3O2. The van der Waals surface area contributed by atoms with Crippen LogP contribution in [-0.2, 0) is 6.42 Å². The van der Waals surface area contributed by atoms with Gasteiger partial charge in [-0.05, 0) is 61.7 Å². The maximum absolute atomic E-state index is 13.4. The third-order valence-corrected chi connectivity index (χ3v) is 4.87. The molecule has 2 heterocycles. The van der Waals surface area contributed by atoms with Crippen LogP contribution in [0.2, 0.25) is 0 Å². The first-order valence-corrected chi connectivity index (χ1v) is 9.85. The predicted molar refractivity (Wildman–Crippen MR) is 113 cm³/mol. The van der Waals surface area contributed by atoms with Crippen LogP contribution >= 0.6 is 0 Å². The lowest BCUT2D eigenvalue weighted by molar-refractivity contribution is 0.0930. The highest BCUT2D eigenvalue weighted by Gasteiger charge is 2.20. The van der Waals surface area contributed by atoms with Crippen LogP contribution in [0.1, 0.15) is 29.4 Å². The number of aromatic nitrogens is 2. The van der Waals surface area contributed by atoms with Gasteiger partial charge in [0.25, 0.3) is 5.91 Å². The summed E-state index contributed by atoms with van der Waals surface area (Å²) in [5.74, 6) is -0.0371. The number of carbonyl (C=O) groups excluding carboxylic acids is 1. The Morgan fingerprint density at radius 1 is 1.10 bits per heavy atom. The first-order chi connectivity index (χ1) is 14.6. The van der Waals surface area contributed by atoms with Gasteiger partial charge in [0.1, 0.15) is 17.2 Å². The van der Waals surface area contributed by atoms with E-state index in [1.165, 1.54) is 22.4 Å². The second kappa shape index (κ2) is 8.78. The Morgan fingerprint density at radius 3 is 2.57 bits per heavy atom. The molecule has 5 nitrogen and oxygen atoms in total. The van der Waals surface area contributed by atoms with Crippen molar-refractivity contribution in [3.63, 3.8) is 0 Å². The van der Waals surface area contributed by atoms with Crippen LogP contribution in [0.15, 0.2) is 83.5 Å². The highest BCUT2D eigenvalue weighted by molar-refractivity contribution is 5.94. The molecule has 1 unspecified atom stereocenters. The van der Waals surface area contributed by atoms with Gasteiger partial charge in [-0.15, -0.1) is 0 Å². The van der Waals surface area contributed by atoms with Crippen LogP contribution in [0.5, 0.6) is 0 Å². The number of hydrogen-bond donors (Lipinski definition) is 1. The standard InChI is InChI=1S/C24H22FN3O2/c1-17(9-10-18-6-3-2-4-7-18)26-24(29)22-16-21(23-8-5-15-30-23)27-28(22)20-13-11-19(25)12-14-20/h2-8,11-17H,9-10H2,1H3,(H,26,29). The van der Waals surface area contributed by atoms with E-state index in [2.05, 4.69) is 22.5 Å². The average Bonchev–Trinajstić information content (AvgIpc) is 3.43. The minimum Gasteiger partial charge on any atom is -0.463 e. The molecule has 0 spiro atoms. The summed E-state index contributed by atoms with van der Waals surface area (Å²) in [5, 5.41) is 7.56. The van der Waals surface area contributed by atoms with Gasteiger partial charge in [-0.3, -0.25) is 4.79 Å². The molecule has 2 aromatic carbocycles. The summed E-state index contributed by atoms with van der Waals surface area (Å²) >= 11 is 0. The van der Waals surface area contributed by atoms with Gasteiger partial charge in [0.2, 0.25) is 0 Å². The van der Waals surface area contributed by atoms with Crippen molar-refractivity contribution in [3.05, 3.63) is 96.1 Å². The molecule has 152 valence electrons. The summed E-state index contributed by atoms with van der Waals surface area (Å²) in [7, 11) is 0. The molecule has 0 saturated heterocycles. The first-order valence-electron chi connectivity index (χ1n) is 9.85. The second-order valence-electron chi connectivity index (χ2n) is 7.18. The Morgan fingerprint density at radius 2 is 1.87 bits per heavy atom. The highest BCUT2D eigenvalue weighted by Crippen LogP contribution is 2.22. The van der Waals surface area contributed by atoms with Crippen molar-refractivity contribution in [1.29, 1.82) is 0 Å². The SMILES string of the molecule is CC(CCc1ccccc1)NC(=O)c1cc(-c2ccco2)nn1-c1ccc(F)cc1. The molecule has 0 aliphatic carbocycles. The number of benzene rings is 2. The second-order valence-corrected chi connectivity index (χ2v) is 7.18. The summed E-state index contributed by atoms with van der Waals surface area (Å²) < 4.78 is 20.3. The van der Waals surface area contributed by atoms with Crippen molar-refractivity contribution in [3.8, 4) is 17.1 Å². The van der Waals surface area contributed by atoms with Crippen LogP contribution in [0.4, 0.5) is 4.39 Å². The predicted octanol–water partition coefficient (Wildman–Crippen LogP) is 5.02. The lowest BCUT2D eigenvalue weighted by Crippen LogP contribution is -2.34. The zero-order valence-corrected chi connectivity index (χ0v) is 16.6. The maximum atomic E-state index is 13.4. The number of carbonyl (C=O) groups is 1. The highest BCUT2D eigenvalue weighted by atomic mass is 19.1. The number of rotatable bonds is 7. The lowest BCUT2D eigenvalue weighted by atomic mass is 10.1. The van der Waals surface area contributed by atoms with E-state index in [1.807, 2.05) is 25.1 Å². The quantitative estimate of drug-likeness (QED) is 0.471. The van der Waals surface area contributed by atoms with Crippen molar-refractivity contribution < 1.29 is 13.6 Å². The lowest BCUT2D eigenvalue weighted by Gasteiger charge is -2.14. The average molecular weight is 403 g/mol. The van der Waals surface area contributed by atoms with Crippen molar-refractivity contribution in [2.75, 3.05) is 0 Å². The molecule has 1 amide bonds. The molecule has 1 N–H and O–H groups in total. The fraction of sp³-hybridized carbons (Fsp3) is 0.167. The zero-order chi connectivity index (χ0) is 20.9. The van der Waals surface area contributed by atoms with Gasteiger partial charge in [-0.25, -0.2) is 9.07 Å². The Balaban J connectivity index is 1.55. The number of halogens is 1. The first kappa shape index (κ1) is 19.6. The van der Waals surface area contributed by atoms with E-state index in [9.17, 15) is 9.18 Å². The van der Waals surface area contributed by atoms with Gasteiger partial charge in [0, 0.05) is 12.1 Å². The largest absolute Gasteiger partial charge is 0.463 e. The third kappa shape index (κ3) is 4.49. The zero-order valence-electron chi connectivity index (χ0n) is 16.6. The fourth-order valence-corrected chi connectivity index (χ4v) is 3.26. The Hall–Kier alpha value is -3.67. The minimum atomic E-state index is -0.349.